The van der Waals surface area contributed by atoms with Gasteiger partial charge in [0, 0.05) is 18.2 Å². The number of carbonyl (C=O) groups is 1. The van der Waals surface area contributed by atoms with Crippen molar-refractivity contribution in [1.82, 2.24) is 15.1 Å². The van der Waals surface area contributed by atoms with E-state index in [2.05, 4.69) is 15.1 Å². The Bertz CT molecular complexity index is 1560. The highest BCUT2D eigenvalue weighted by molar-refractivity contribution is 7.92. The summed E-state index contributed by atoms with van der Waals surface area (Å²) in [6, 6.07) is 9.30. The predicted octanol–water partition coefficient (Wildman–Crippen LogP) is 3.84. The van der Waals surface area contributed by atoms with Crippen molar-refractivity contribution in [2.45, 2.75) is 30.5 Å². The summed E-state index contributed by atoms with van der Waals surface area (Å²) in [6.07, 6.45) is 0.0938. The monoisotopic (exact) mass is 529 g/mol. The van der Waals surface area contributed by atoms with Crippen LogP contribution in [0.5, 0.6) is 5.88 Å². The minimum Gasteiger partial charge on any atom is -0.389 e. The zero-order valence-corrected chi connectivity index (χ0v) is 20.4. The van der Waals surface area contributed by atoms with Gasteiger partial charge in [0.25, 0.3) is 5.88 Å². The number of benzene rings is 2. The van der Waals surface area contributed by atoms with Gasteiger partial charge in [-0.3, -0.25) is 0 Å². The van der Waals surface area contributed by atoms with E-state index in [0.717, 1.165) is 12.1 Å². The Balaban J connectivity index is 1.77. The second-order valence-electron chi connectivity index (χ2n) is 8.16. The molecule has 4 rings (SSSR count). The molecule has 0 saturated carbocycles. The SMILES string of the molecule is CC(C)S(=O)(=O)c1ccc(-c2cnc(OC(N)=O)c(-c3cc(-c4c(F)cc(CN)cc4F)no3)n2)cc1. The number of halogens is 2. The van der Waals surface area contributed by atoms with Gasteiger partial charge >= 0.3 is 6.09 Å². The Kier molecular flexibility index (Phi) is 7.01. The molecule has 0 unspecified atom stereocenters. The quantitative estimate of drug-likeness (QED) is 0.362. The topological polar surface area (TPSA) is 164 Å². The lowest BCUT2D eigenvalue weighted by molar-refractivity contribution is 0.209. The number of carbonyl (C=O) groups excluding carboxylic acids is 1. The number of amides is 1. The van der Waals surface area contributed by atoms with Gasteiger partial charge in [-0.1, -0.05) is 17.3 Å². The van der Waals surface area contributed by atoms with Crippen LogP contribution >= 0.6 is 0 Å². The lowest BCUT2D eigenvalue weighted by Gasteiger charge is -2.10. The number of primary amides is 1. The highest BCUT2D eigenvalue weighted by Gasteiger charge is 2.23. The highest BCUT2D eigenvalue weighted by Crippen LogP contribution is 2.34. The van der Waals surface area contributed by atoms with Crippen molar-refractivity contribution in [2.24, 2.45) is 11.5 Å². The second-order valence-corrected chi connectivity index (χ2v) is 10.7. The molecule has 0 aliphatic heterocycles. The molecule has 0 fully saturated rings. The van der Waals surface area contributed by atoms with Crippen molar-refractivity contribution in [1.29, 1.82) is 0 Å². The Morgan fingerprint density at radius 2 is 1.73 bits per heavy atom. The molecule has 0 bridgehead atoms. The number of hydrogen-bond acceptors (Lipinski definition) is 9. The van der Waals surface area contributed by atoms with Gasteiger partial charge in [-0.05, 0) is 43.7 Å². The summed E-state index contributed by atoms with van der Waals surface area (Å²) in [5.41, 5.74) is 10.8. The van der Waals surface area contributed by atoms with Gasteiger partial charge in [0.2, 0.25) is 0 Å². The van der Waals surface area contributed by atoms with Gasteiger partial charge in [-0.25, -0.2) is 32.0 Å². The Morgan fingerprint density at radius 3 is 2.30 bits per heavy atom. The van der Waals surface area contributed by atoms with Crippen molar-refractivity contribution >= 4 is 15.9 Å². The van der Waals surface area contributed by atoms with Crippen LogP contribution in [0.3, 0.4) is 0 Å². The van der Waals surface area contributed by atoms with Crippen LogP contribution < -0.4 is 16.2 Å². The van der Waals surface area contributed by atoms with Crippen LogP contribution in [0.1, 0.15) is 19.4 Å². The normalized spacial score (nSPS) is 11.6. The fraction of sp³-hybridized carbons (Fsp3) is 0.167. The van der Waals surface area contributed by atoms with Gasteiger partial charge < -0.3 is 20.7 Å². The number of sulfone groups is 1. The summed E-state index contributed by atoms with van der Waals surface area (Å²) in [4.78, 5) is 20.0. The van der Waals surface area contributed by atoms with E-state index in [0.29, 0.717) is 5.56 Å². The van der Waals surface area contributed by atoms with E-state index in [1.165, 1.54) is 36.5 Å². The average Bonchev–Trinajstić information content (AvgIpc) is 3.33. The maximum Gasteiger partial charge on any atom is 0.411 e. The summed E-state index contributed by atoms with van der Waals surface area (Å²) in [5.74, 6) is -2.26. The summed E-state index contributed by atoms with van der Waals surface area (Å²) < 4.78 is 64.1. The smallest absolute Gasteiger partial charge is 0.389 e. The first-order valence-corrected chi connectivity index (χ1v) is 12.4. The van der Waals surface area contributed by atoms with E-state index in [-0.39, 0.29) is 45.7 Å². The Hall–Kier alpha value is -4.23. The third-order valence-electron chi connectivity index (χ3n) is 5.37. The molecule has 10 nitrogen and oxygen atoms in total. The maximum absolute atomic E-state index is 14.6. The molecular formula is C24H21F2N5O5S. The molecule has 4 N–H and O–H groups in total. The zero-order valence-electron chi connectivity index (χ0n) is 19.6. The molecule has 0 aliphatic rings. The minimum atomic E-state index is -3.48. The second kappa shape index (κ2) is 10.0. The highest BCUT2D eigenvalue weighted by atomic mass is 32.2. The van der Waals surface area contributed by atoms with Crippen molar-refractivity contribution in [3.8, 4) is 39.8 Å². The molecule has 2 aromatic heterocycles. The van der Waals surface area contributed by atoms with Crippen LogP contribution in [0.25, 0.3) is 34.0 Å². The first kappa shape index (κ1) is 25.9. The molecule has 0 aliphatic carbocycles. The molecule has 37 heavy (non-hydrogen) atoms. The van der Waals surface area contributed by atoms with Crippen LogP contribution in [-0.4, -0.2) is 34.9 Å². The number of aromatic nitrogens is 3. The van der Waals surface area contributed by atoms with Crippen LogP contribution in [0.15, 0.2) is 58.1 Å². The molecule has 4 aromatic rings. The molecule has 0 saturated heterocycles. The third kappa shape index (κ3) is 5.17. The number of nitrogens with two attached hydrogens (primary N) is 2. The summed E-state index contributed by atoms with van der Waals surface area (Å²) >= 11 is 0. The fourth-order valence-corrected chi connectivity index (χ4v) is 4.49. The van der Waals surface area contributed by atoms with Gasteiger partial charge in [-0.2, -0.15) is 0 Å². The summed E-state index contributed by atoms with van der Waals surface area (Å²) in [5, 5.41) is 3.13. The standard InChI is InChI=1S/C24H21F2N5O5S/c1-12(2)37(33,34)15-5-3-14(4-6-15)19-11-29-23(35-24(28)32)22(30-19)20-9-18(31-36-20)21-16(25)7-13(10-27)8-17(21)26/h3-9,11-12H,10,27H2,1-2H3,(H2,28,32). The van der Waals surface area contributed by atoms with Crippen molar-refractivity contribution in [3.05, 3.63) is 65.9 Å². The largest absolute Gasteiger partial charge is 0.411 e. The number of ether oxygens (including phenoxy) is 1. The first-order valence-electron chi connectivity index (χ1n) is 10.9. The van der Waals surface area contributed by atoms with Gasteiger partial charge in [-0.15, -0.1) is 0 Å². The fourth-order valence-electron chi connectivity index (χ4n) is 3.43. The van der Waals surface area contributed by atoms with Crippen LogP contribution in [-0.2, 0) is 16.4 Å². The van der Waals surface area contributed by atoms with Crippen molar-refractivity contribution in [3.63, 3.8) is 0 Å². The van der Waals surface area contributed by atoms with E-state index in [1.807, 2.05) is 0 Å². The van der Waals surface area contributed by atoms with Crippen molar-refractivity contribution in [2.75, 3.05) is 0 Å². The molecule has 2 heterocycles. The van der Waals surface area contributed by atoms with Crippen LogP contribution in [0.4, 0.5) is 13.6 Å². The molecule has 1 amide bonds. The van der Waals surface area contributed by atoms with E-state index in [1.54, 1.807) is 13.8 Å². The lowest BCUT2D eigenvalue weighted by Crippen LogP contribution is -2.17. The van der Waals surface area contributed by atoms with Gasteiger partial charge in [0.1, 0.15) is 17.3 Å². The molecule has 2 aromatic carbocycles. The van der Waals surface area contributed by atoms with E-state index in [9.17, 15) is 22.0 Å². The molecule has 0 spiro atoms. The Morgan fingerprint density at radius 1 is 1.08 bits per heavy atom. The average molecular weight is 530 g/mol. The number of nitrogens with zero attached hydrogens (tertiary/aromatic N) is 3. The van der Waals surface area contributed by atoms with Crippen LogP contribution in [0, 0.1) is 11.6 Å². The lowest BCUT2D eigenvalue weighted by atomic mass is 10.1. The molecule has 0 radical (unpaired) electrons. The third-order valence-corrected chi connectivity index (χ3v) is 7.54. The van der Waals surface area contributed by atoms with Crippen LogP contribution in [0.2, 0.25) is 0 Å². The molecule has 13 heteroatoms. The number of rotatable bonds is 7. The summed E-state index contributed by atoms with van der Waals surface area (Å²) in [7, 11) is -3.48. The number of hydrogen-bond donors (Lipinski definition) is 2. The van der Waals surface area contributed by atoms with E-state index >= 15 is 0 Å². The maximum atomic E-state index is 14.6. The van der Waals surface area contributed by atoms with E-state index < -0.39 is 38.4 Å². The predicted molar refractivity (Wildman–Crippen MR) is 129 cm³/mol. The molecule has 192 valence electrons. The van der Waals surface area contributed by atoms with Gasteiger partial charge in [0.15, 0.2) is 21.3 Å². The first-order chi connectivity index (χ1) is 17.5. The van der Waals surface area contributed by atoms with Gasteiger partial charge in [0.05, 0.1) is 27.6 Å². The zero-order chi connectivity index (χ0) is 26.9. The van der Waals surface area contributed by atoms with E-state index in [4.69, 9.17) is 20.7 Å². The Labute approximate surface area is 210 Å². The molecule has 0 atom stereocenters. The minimum absolute atomic E-state index is 0.0568. The summed E-state index contributed by atoms with van der Waals surface area (Å²) in [6.45, 7) is 3.10. The molecular weight excluding hydrogens is 508 g/mol. The van der Waals surface area contributed by atoms with Crippen molar-refractivity contribution < 1.29 is 31.3 Å².